The van der Waals surface area contributed by atoms with Crippen LogP contribution in [0.15, 0.2) is 66.9 Å². The van der Waals surface area contributed by atoms with E-state index in [0.29, 0.717) is 11.4 Å². The molecule has 3 aromatic carbocycles. The van der Waals surface area contributed by atoms with E-state index in [2.05, 4.69) is 10.6 Å². The predicted molar refractivity (Wildman–Crippen MR) is 94.3 cm³/mol. The fourth-order valence-corrected chi connectivity index (χ4v) is 2.38. The molecule has 27 heavy (non-hydrogen) atoms. The van der Waals surface area contributed by atoms with Crippen LogP contribution >= 0.6 is 0 Å². The van der Waals surface area contributed by atoms with Gasteiger partial charge in [0.15, 0.2) is 23.3 Å². The average molecular weight is 376 g/mol. The zero-order valence-electron chi connectivity index (χ0n) is 13.7. The summed E-state index contributed by atoms with van der Waals surface area (Å²) in [6.07, 6.45) is 1.14. The molecule has 0 fully saturated rings. The highest BCUT2D eigenvalue weighted by atomic mass is 19.2. The van der Waals surface area contributed by atoms with Crippen LogP contribution in [-0.2, 0) is 0 Å². The number of hydrogen-bond acceptors (Lipinski definition) is 2. The van der Waals surface area contributed by atoms with Gasteiger partial charge in [0.2, 0.25) is 5.82 Å². The lowest BCUT2D eigenvalue weighted by molar-refractivity contribution is 0.376. The number of hydrogen-bond donors (Lipinski definition) is 2. The third kappa shape index (κ3) is 3.92. The first-order valence-electron chi connectivity index (χ1n) is 7.84. The van der Waals surface area contributed by atoms with Crippen molar-refractivity contribution in [2.24, 2.45) is 0 Å². The van der Waals surface area contributed by atoms with Crippen LogP contribution in [0.25, 0.3) is 5.70 Å². The second-order valence-corrected chi connectivity index (χ2v) is 5.50. The molecule has 2 N–H and O–H groups in total. The van der Waals surface area contributed by atoms with Crippen LogP contribution in [0.2, 0.25) is 0 Å². The topological polar surface area (TPSA) is 24.1 Å². The van der Waals surface area contributed by atoms with Crippen LogP contribution in [0, 0.1) is 29.1 Å². The highest BCUT2D eigenvalue weighted by Gasteiger charge is 2.28. The molecule has 0 aliphatic rings. The van der Waals surface area contributed by atoms with E-state index in [1.807, 2.05) is 0 Å². The second-order valence-electron chi connectivity index (χ2n) is 5.50. The summed E-state index contributed by atoms with van der Waals surface area (Å²) in [4.78, 5) is 0. The predicted octanol–water partition coefficient (Wildman–Crippen LogP) is 5.90. The van der Waals surface area contributed by atoms with Crippen molar-refractivity contribution >= 4 is 17.1 Å². The molecule has 2 nitrogen and oxygen atoms in total. The van der Waals surface area contributed by atoms with Gasteiger partial charge in [0.25, 0.3) is 0 Å². The summed E-state index contributed by atoms with van der Waals surface area (Å²) in [5.41, 5.74) is -0.409. The van der Waals surface area contributed by atoms with Crippen molar-refractivity contribution in [3.8, 4) is 0 Å². The Morgan fingerprint density at radius 1 is 0.593 bits per heavy atom. The fourth-order valence-electron chi connectivity index (χ4n) is 2.38. The SMILES string of the molecule is Fc1c(F)c(F)c(/C(=C/Nc2ccccc2)Nc2ccccc2)c(F)c1F. The number of halogens is 5. The molecule has 0 saturated heterocycles. The van der Waals surface area contributed by atoms with Gasteiger partial charge >= 0.3 is 0 Å². The normalized spacial score (nSPS) is 11.4. The third-order valence-electron chi connectivity index (χ3n) is 3.69. The molecular weight excluding hydrogens is 363 g/mol. The van der Waals surface area contributed by atoms with E-state index < -0.39 is 34.6 Å². The van der Waals surface area contributed by atoms with Gasteiger partial charge in [0.1, 0.15) is 0 Å². The Bertz CT molecular complexity index is 944. The summed E-state index contributed by atoms with van der Waals surface area (Å²) in [6, 6.07) is 16.8. The Hall–Kier alpha value is -3.35. The molecule has 7 heteroatoms. The molecule has 0 amide bonds. The highest BCUT2D eigenvalue weighted by molar-refractivity contribution is 5.79. The maximum absolute atomic E-state index is 14.3. The standard InChI is InChI=1S/C20H13F5N2/c21-16-15(17(22)19(24)20(25)18(16)23)14(27-13-9-5-2-6-10-13)11-26-12-7-3-1-4-8-12/h1-11,26-27H/b14-11-. The average Bonchev–Trinajstić information content (AvgIpc) is 2.70. The number of rotatable bonds is 5. The van der Waals surface area contributed by atoms with Crippen molar-refractivity contribution in [3.05, 3.63) is 102 Å². The first-order valence-corrected chi connectivity index (χ1v) is 7.84. The van der Waals surface area contributed by atoms with Gasteiger partial charge in [-0.05, 0) is 24.3 Å². The molecule has 0 heterocycles. The van der Waals surface area contributed by atoms with Crippen LogP contribution in [0.5, 0.6) is 0 Å². The Morgan fingerprint density at radius 3 is 1.56 bits per heavy atom. The van der Waals surface area contributed by atoms with Gasteiger partial charge < -0.3 is 10.6 Å². The minimum atomic E-state index is -2.20. The van der Waals surface area contributed by atoms with Crippen LogP contribution in [0.3, 0.4) is 0 Å². The third-order valence-corrected chi connectivity index (χ3v) is 3.69. The number of anilines is 2. The summed E-state index contributed by atoms with van der Waals surface area (Å²) < 4.78 is 69.1. The highest BCUT2D eigenvalue weighted by Crippen LogP contribution is 2.29. The number of nitrogens with one attached hydrogen (secondary N) is 2. The van der Waals surface area contributed by atoms with Crippen LogP contribution in [0.1, 0.15) is 5.56 Å². The van der Waals surface area contributed by atoms with Gasteiger partial charge in [0.05, 0.1) is 11.3 Å². The molecule has 0 spiro atoms. The number of benzene rings is 3. The lowest BCUT2D eigenvalue weighted by Crippen LogP contribution is -2.11. The van der Waals surface area contributed by atoms with Crippen LogP contribution in [0.4, 0.5) is 33.3 Å². The first kappa shape index (κ1) is 18.4. The second kappa shape index (κ2) is 7.90. The maximum Gasteiger partial charge on any atom is 0.200 e. The van der Waals surface area contributed by atoms with E-state index in [9.17, 15) is 22.0 Å². The molecule has 138 valence electrons. The largest absolute Gasteiger partial charge is 0.360 e. The minimum Gasteiger partial charge on any atom is -0.360 e. The molecule has 3 rings (SSSR count). The van der Waals surface area contributed by atoms with E-state index in [0.717, 1.165) is 6.20 Å². The zero-order valence-corrected chi connectivity index (χ0v) is 13.7. The van der Waals surface area contributed by atoms with E-state index in [-0.39, 0.29) is 5.70 Å². The summed E-state index contributed by atoms with van der Waals surface area (Å²) in [7, 11) is 0. The monoisotopic (exact) mass is 376 g/mol. The molecule has 3 aromatic rings. The molecule has 0 aliphatic carbocycles. The molecule has 0 atom stereocenters. The van der Waals surface area contributed by atoms with E-state index in [4.69, 9.17) is 0 Å². The summed E-state index contributed by atoms with van der Waals surface area (Å²) >= 11 is 0. The molecule has 0 unspecified atom stereocenters. The Balaban J connectivity index is 2.10. The van der Waals surface area contributed by atoms with E-state index in [1.165, 1.54) is 0 Å². The van der Waals surface area contributed by atoms with Crippen molar-refractivity contribution < 1.29 is 22.0 Å². The van der Waals surface area contributed by atoms with E-state index in [1.54, 1.807) is 60.7 Å². The first-order chi connectivity index (χ1) is 13.0. The Kier molecular flexibility index (Phi) is 5.40. The maximum atomic E-state index is 14.3. The van der Waals surface area contributed by atoms with Crippen molar-refractivity contribution in [3.63, 3.8) is 0 Å². The van der Waals surface area contributed by atoms with Crippen molar-refractivity contribution in [1.82, 2.24) is 0 Å². The quantitative estimate of drug-likeness (QED) is 0.329. The summed E-state index contributed by atoms with van der Waals surface area (Å²) in [6.45, 7) is 0. The fraction of sp³-hybridized carbons (Fsp3) is 0. The van der Waals surface area contributed by atoms with Gasteiger partial charge in [-0.1, -0.05) is 36.4 Å². The van der Waals surface area contributed by atoms with Crippen LogP contribution < -0.4 is 10.6 Å². The molecule has 0 aliphatic heterocycles. The lowest BCUT2D eigenvalue weighted by atomic mass is 10.1. The van der Waals surface area contributed by atoms with Gasteiger partial charge in [0, 0.05) is 17.6 Å². The van der Waals surface area contributed by atoms with Crippen molar-refractivity contribution in [2.45, 2.75) is 0 Å². The molecule has 0 aromatic heterocycles. The molecule has 0 bridgehead atoms. The van der Waals surface area contributed by atoms with Gasteiger partial charge in [-0.2, -0.15) is 0 Å². The van der Waals surface area contributed by atoms with Gasteiger partial charge in [-0.15, -0.1) is 0 Å². The molecule has 0 saturated carbocycles. The number of para-hydroxylation sites is 2. The zero-order chi connectivity index (χ0) is 19.4. The smallest absolute Gasteiger partial charge is 0.200 e. The van der Waals surface area contributed by atoms with Crippen molar-refractivity contribution in [1.29, 1.82) is 0 Å². The minimum absolute atomic E-state index is 0.321. The van der Waals surface area contributed by atoms with Gasteiger partial charge in [-0.3, -0.25) is 0 Å². The molecular formula is C20H13F5N2. The van der Waals surface area contributed by atoms with Crippen LogP contribution in [-0.4, -0.2) is 0 Å². The molecule has 0 radical (unpaired) electrons. The van der Waals surface area contributed by atoms with Gasteiger partial charge in [-0.25, -0.2) is 22.0 Å². The Labute approximate surface area is 152 Å². The summed E-state index contributed by atoms with van der Waals surface area (Å²) in [5, 5.41) is 5.46. The summed E-state index contributed by atoms with van der Waals surface area (Å²) in [5.74, 6) is -10.1. The van der Waals surface area contributed by atoms with E-state index >= 15 is 0 Å². The van der Waals surface area contributed by atoms with Crippen molar-refractivity contribution in [2.75, 3.05) is 10.6 Å². The lowest BCUT2D eigenvalue weighted by Gasteiger charge is -2.15. The Morgan fingerprint density at radius 2 is 1.04 bits per heavy atom.